The van der Waals surface area contributed by atoms with Crippen molar-refractivity contribution in [2.75, 3.05) is 5.73 Å². The Morgan fingerprint density at radius 2 is 2.00 bits per heavy atom. The van der Waals surface area contributed by atoms with Crippen molar-refractivity contribution >= 4 is 31.2 Å². The Balaban J connectivity index is 3.28. The van der Waals surface area contributed by atoms with Crippen molar-refractivity contribution in [1.29, 1.82) is 0 Å². The third-order valence-electron chi connectivity index (χ3n) is 2.50. The second kappa shape index (κ2) is 4.06. The zero-order chi connectivity index (χ0) is 11.8. The average Bonchev–Trinajstić information content (AvgIpc) is 2.32. The van der Waals surface area contributed by atoms with E-state index >= 15 is 0 Å². The Labute approximate surface area is 95.9 Å². The van der Waals surface area contributed by atoms with Gasteiger partial charge in [0.05, 0.1) is 8.07 Å². The van der Waals surface area contributed by atoms with Gasteiger partial charge >= 0.3 is 0 Å². The van der Waals surface area contributed by atoms with Crippen LogP contribution in [-0.4, -0.2) is 18.2 Å². The quantitative estimate of drug-likeness (QED) is 0.829. The fourth-order valence-electron chi connectivity index (χ4n) is 1.99. The monoisotopic (exact) mass is 242 g/mol. The van der Waals surface area contributed by atoms with E-state index in [2.05, 4.69) is 24.0 Å². The Kier molecular flexibility index (Phi) is 3.35. The van der Waals surface area contributed by atoms with Crippen LogP contribution in [0.5, 0.6) is 0 Å². The van der Waals surface area contributed by atoms with E-state index in [-0.39, 0.29) is 11.3 Å². The van der Waals surface area contributed by atoms with Gasteiger partial charge < -0.3 is 5.73 Å². The minimum Gasteiger partial charge on any atom is -0.383 e. The number of hydrogen-bond acceptors (Lipinski definition) is 4. The van der Waals surface area contributed by atoms with Gasteiger partial charge in [-0.05, 0) is 25.4 Å². The molecule has 0 aliphatic rings. The summed E-state index contributed by atoms with van der Waals surface area (Å²) >= 11 is 1.39. The van der Waals surface area contributed by atoms with Crippen molar-refractivity contribution in [2.24, 2.45) is 0 Å². The predicted molar refractivity (Wildman–Crippen MR) is 68.0 cm³/mol. The van der Waals surface area contributed by atoms with Crippen molar-refractivity contribution in [3.63, 3.8) is 0 Å². The van der Waals surface area contributed by atoms with E-state index < -0.39 is 8.07 Å². The highest BCUT2D eigenvalue weighted by molar-refractivity contribution is 7.06. The number of carbonyl (C=O) groups excluding carboxylic acids is 1. The van der Waals surface area contributed by atoms with Crippen LogP contribution in [0.4, 0.5) is 5.82 Å². The number of carbonyl (C=O) groups is 1. The molecular weight excluding hydrogens is 224 g/mol. The van der Waals surface area contributed by atoms with Crippen LogP contribution in [0, 0.1) is 6.92 Å². The van der Waals surface area contributed by atoms with Crippen molar-refractivity contribution in [3.05, 3.63) is 10.4 Å². The zero-order valence-electron chi connectivity index (χ0n) is 9.92. The number of ketones is 1. The summed E-state index contributed by atoms with van der Waals surface area (Å²) in [5, 5.41) is 0. The summed E-state index contributed by atoms with van der Waals surface area (Å²) in [7, 11) is -1.58. The lowest BCUT2D eigenvalue weighted by Crippen LogP contribution is -2.36. The van der Waals surface area contributed by atoms with Crippen molar-refractivity contribution in [2.45, 2.75) is 39.0 Å². The fourth-order valence-corrected chi connectivity index (χ4v) is 5.20. The number of nitrogen functional groups attached to an aromatic ring is 1. The van der Waals surface area contributed by atoms with Gasteiger partial charge in [0.25, 0.3) is 0 Å². The van der Waals surface area contributed by atoms with Gasteiger partial charge in [0, 0.05) is 16.0 Å². The lowest BCUT2D eigenvalue weighted by Gasteiger charge is -2.26. The minimum absolute atomic E-state index is 0.0174. The Morgan fingerprint density at radius 3 is 2.27 bits per heavy atom. The molecule has 0 amide bonds. The molecule has 0 spiro atoms. The highest BCUT2D eigenvalue weighted by atomic mass is 32.1. The minimum atomic E-state index is -1.58. The number of aryl methyl sites for hydroxylation is 1. The molecule has 1 aromatic rings. The molecule has 1 unspecified atom stereocenters. The number of nitrogens with two attached hydrogens (primary N) is 1. The molecule has 0 fully saturated rings. The summed E-state index contributed by atoms with van der Waals surface area (Å²) in [6, 6.07) is 0. The molecule has 3 nitrogen and oxygen atoms in total. The average molecular weight is 242 g/mol. The predicted octanol–water partition coefficient (Wildman–Crippen LogP) is 2.58. The molecule has 1 atom stereocenters. The molecule has 2 N–H and O–H groups in total. The van der Waals surface area contributed by atoms with E-state index in [0.29, 0.717) is 5.82 Å². The van der Waals surface area contributed by atoms with Crippen LogP contribution >= 0.6 is 11.5 Å². The summed E-state index contributed by atoms with van der Waals surface area (Å²) in [5.74, 6) is 0.754. The van der Waals surface area contributed by atoms with E-state index in [1.54, 1.807) is 6.92 Å². The highest BCUT2D eigenvalue weighted by Gasteiger charge is 2.35. The largest absolute Gasteiger partial charge is 0.383 e. The van der Waals surface area contributed by atoms with Gasteiger partial charge in [-0.15, -0.1) is 0 Å². The molecule has 0 aliphatic heterocycles. The molecule has 0 aromatic carbocycles. The third-order valence-corrected chi connectivity index (χ3v) is 5.71. The van der Waals surface area contributed by atoms with Crippen LogP contribution in [0.1, 0.15) is 22.9 Å². The molecule has 84 valence electrons. The number of nitrogens with zero attached hydrogens (tertiary/aromatic N) is 1. The molecule has 1 rings (SSSR count). The van der Waals surface area contributed by atoms with Crippen LogP contribution in [0.2, 0.25) is 19.6 Å². The first kappa shape index (κ1) is 12.4. The molecule has 0 radical (unpaired) electrons. The van der Waals surface area contributed by atoms with Gasteiger partial charge in [0.2, 0.25) is 0 Å². The maximum absolute atomic E-state index is 11.7. The van der Waals surface area contributed by atoms with E-state index in [1.807, 2.05) is 6.92 Å². The van der Waals surface area contributed by atoms with Crippen molar-refractivity contribution in [1.82, 2.24) is 4.37 Å². The number of Topliss-reactive ketones (excluding diaryl/α,β-unsaturated/α-hetero) is 1. The van der Waals surface area contributed by atoms with Crippen LogP contribution in [-0.2, 0) is 4.79 Å². The smallest absolute Gasteiger partial charge is 0.140 e. The lowest BCUT2D eigenvalue weighted by atomic mass is 10.1. The summed E-state index contributed by atoms with van der Waals surface area (Å²) < 4.78 is 4.12. The summed E-state index contributed by atoms with van der Waals surface area (Å²) in [6.07, 6.45) is 0. The van der Waals surface area contributed by atoms with Gasteiger partial charge in [0.15, 0.2) is 0 Å². The number of hydrogen-bond donors (Lipinski definition) is 1. The Morgan fingerprint density at radius 1 is 1.47 bits per heavy atom. The molecule has 1 aromatic heterocycles. The van der Waals surface area contributed by atoms with Gasteiger partial charge in [-0.2, -0.15) is 4.37 Å². The standard InChI is InChI=1S/C10H18N2OSSi/c1-6(13)9(15(3,4)5)8-7(2)14-12-10(8)11/h9H,1-5H3,(H2,11,12). The maximum Gasteiger partial charge on any atom is 0.140 e. The van der Waals surface area contributed by atoms with Crippen LogP contribution < -0.4 is 5.73 Å². The normalized spacial score (nSPS) is 13.9. The van der Waals surface area contributed by atoms with Crippen molar-refractivity contribution in [3.8, 4) is 0 Å². The van der Waals surface area contributed by atoms with Crippen molar-refractivity contribution < 1.29 is 4.79 Å². The molecule has 0 saturated carbocycles. The molecule has 1 heterocycles. The first-order chi connectivity index (χ1) is 6.75. The number of aromatic nitrogens is 1. The summed E-state index contributed by atoms with van der Waals surface area (Å²) in [5.41, 5.74) is 6.81. The van der Waals surface area contributed by atoms with E-state index in [4.69, 9.17) is 5.73 Å². The van der Waals surface area contributed by atoms with Gasteiger partial charge in [-0.25, -0.2) is 0 Å². The first-order valence-corrected chi connectivity index (χ1v) is 9.32. The van der Waals surface area contributed by atoms with E-state index in [1.165, 1.54) is 11.5 Å². The number of rotatable bonds is 3. The fraction of sp³-hybridized carbons (Fsp3) is 0.600. The molecule has 0 bridgehead atoms. The highest BCUT2D eigenvalue weighted by Crippen LogP contribution is 2.35. The molecule has 5 heteroatoms. The van der Waals surface area contributed by atoms with Crippen LogP contribution in [0.15, 0.2) is 0 Å². The molecule has 15 heavy (non-hydrogen) atoms. The van der Waals surface area contributed by atoms with Gasteiger partial charge in [0.1, 0.15) is 11.6 Å². The van der Waals surface area contributed by atoms with Gasteiger partial charge in [-0.3, -0.25) is 4.79 Å². The SMILES string of the molecule is CC(=O)C(c1c(N)nsc1C)[Si](C)(C)C. The number of anilines is 1. The van der Waals surface area contributed by atoms with Gasteiger partial charge in [-0.1, -0.05) is 19.6 Å². The van der Waals surface area contributed by atoms with Crippen LogP contribution in [0.3, 0.4) is 0 Å². The second-order valence-electron chi connectivity index (χ2n) is 4.95. The summed E-state index contributed by atoms with van der Waals surface area (Å²) in [6.45, 7) is 10.2. The Hall–Kier alpha value is -0.683. The third kappa shape index (κ3) is 2.46. The van der Waals surface area contributed by atoms with E-state index in [9.17, 15) is 4.79 Å². The molecular formula is C10H18N2OSSi. The first-order valence-electron chi connectivity index (χ1n) is 4.97. The topological polar surface area (TPSA) is 56.0 Å². The van der Waals surface area contributed by atoms with E-state index in [0.717, 1.165) is 10.4 Å². The maximum atomic E-state index is 11.7. The molecule has 0 saturated heterocycles. The summed E-state index contributed by atoms with van der Waals surface area (Å²) in [4.78, 5) is 12.8. The van der Waals surface area contributed by atoms with Crippen LogP contribution in [0.25, 0.3) is 0 Å². The molecule has 0 aliphatic carbocycles. The Bertz CT molecular complexity index is 362. The zero-order valence-corrected chi connectivity index (χ0v) is 11.7. The second-order valence-corrected chi connectivity index (χ2v) is 11.2. The lowest BCUT2D eigenvalue weighted by molar-refractivity contribution is -0.116.